The first-order valence-corrected chi connectivity index (χ1v) is 6.74. The maximum Gasteiger partial charge on any atom is 0.227 e. The fraction of sp³-hybridized carbons (Fsp3) is 0.333. The quantitative estimate of drug-likeness (QED) is 0.875. The molecule has 0 aliphatic rings. The largest absolute Gasteiger partial charge is 0.494 e. The van der Waals surface area contributed by atoms with Crippen LogP contribution in [0.5, 0.6) is 17.4 Å². The zero-order valence-electron chi connectivity index (χ0n) is 11.8. The fourth-order valence-corrected chi connectivity index (χ4v) is 1.86. The van der Waals surface area contributed by atoms with E-state index in [4.69, 9.17) is 15.2 Å². The summed E-state index contributed by atoms with van der Waals surface area (Å²) in [5.41, 5.74) is 6.72. The maximum atomic E-state index is 5.87. The van der Waals surface area contributed by atoms with Crippen molar-refractivity contribution in [2.24, 2.45) is 0 Å². The summed E-state index contributed by atoms with van der Waals surface area (Å²) in [6, 6.07) is 7.42. The third kappa shape index (κ3) is 3.38. The summed E-state index contributed by atoms with van der Waals surface area (Å²) in [5.74, 6) is 2.51. The van der Waals surface area contributed by atoms with E-state index in [2.05, 4.69) is 16.9 Å². The zero-order valence-corrected chi connectivity index (χ0v) is 11.8. The van der Waals surface area contributed by atoms with Crippen LogP contribution < -0.4 is 15.2 Å². The number of benzene rings is 1. The van der Waals surface area contributed by atoms with Gasteiger partial charge in [0.15, 0.2) is 0 Å². The van der Waals surface area contributed by atoms with Crippen LogP contribution in [0.3, 0.4) is 0 Å². The Balaban J connectivity index is 2.19. The van der Waals surface area contributed by atoms with Crippen molar-refractivity contribution in [3.05, 3.63) is 36.2 Å². The second kappa shape index (κ2) is 6.75. The number of nitrogen functional groups attached to an aromatic ring is 1. The summed E-state index contributed by atoms with van der Waals surface area (Å²) in [4.78, 5) is 8.17. The van der Waals surface area contributed by atoms with E-state index in [0.717, 1.165) is 24.2 Å². The second-order valence-corrected chi connectivity index (χ2v) is 4.30. The summed E-state index contributed by atoms with van der Waals surface area (Å²) in [5, 5.41) is 0. The van der Waals surface area contributed by atoms with Crippen molar-refractivity contribution in [1.82, 2.24) is 9.97 Å². The molecule has 106 valence electrons. The van der Waals surface area contributed by atoms with Gasteiger partial charge in [-0.2, -0.15) is 0 Å². The summed E-state index contributed by atoms with van der Waals surface area (Å²) < 4.78 is 11.2. The number of rotatable bonds is 6. The zero-order chi connectivity index (χ0) is 14.4. The normalized spacial score (nSPS) is 10.3. The molecule has 1 aromatic heterocycles. The van der Waals surface area contributed by atoms with E-state index < -0.39 is 0 Å². The molecule has 0 amide bonds. The van der Waals surface area contributed by atoms with Crippen molar-refractivity contribution in [1.29, 1.82) is 0 Å². The number of aromatic nitrogens is 2. The molecule has 2 N–H and O–H groups in total. The topological polar surface area (TPSA) is 70.3 Å². The molecule has 0 bridgehead atoms. The van der Waals surface area contributed by atoms with E-state index in [-0.39, 0.29) is 0 Å². The number of nitrogens with zero attached hydrogens (tertiary/aromatic N) is 2. The van der Waals surface area contributed by atoms with Crippen LogP contribution in [-0.4, -0.2) is 16.6 Å². The molecule has 0 saturated heterocycles. The smallest absolute Gasteiger partial charge is 0.227 e. The Bertz CT molecular complexity index is 556. The molecule has 0 fully saturated rings. The van der Waals surface area contributed by atoms with Gasteiger partial charge in [-0.05, 0) is 37.6 Å². The van der Waals surface area contributed by atoms with E-state index in [1.54, 1.807) is 0 Å². The van der Waals surface area contributed by atoms with Crippen molar-refractivity contribution in [2.45, 2.75) is 26.7 Å². The van der Waals surface area contributed by atoms with Crippen molar-refractivity contribution in [3.8, 4) is 17.4 Å². The van der Waals surface area contributed by atoms with Gasteiger partial charge >= 0.3 is 0 Å². The van der Waals surface area contributed by atoms with Gasteiger partial charge in [0.2, 0.25) is 5.88 Å². The monoisotopic (exact) mass is 273 g/mol. The molecular weight excluding hydrogens is 254 g/mol. The first-order valence-electron chi connectivity index (χ1n) is 6.74. The van der Waals surface area contributed by atoms with Gasteiger partial charge in [0.25, 0.3) is 0 Å². The molecule has 0 unspecified atom stereocenters. The summed E-state index contributed by atoms with van der Waals surface area (Å²) in [6.07, 6.45) is 3.16. The predicted octanol–water partition coefficient (Wildman–Crippen LogP) is 3.20. The van der Waals surface area contributed by atoms with Gasteiger partial charge in [0, 0.05) is 0 Å². The molecular formula is C15H19N3O2. The van der Waals surface area contributed by atoms with Crippen LogP contribution in [-0.2, 0) is 6.42 Å². The Morgan fingerprint density at radius 2 is 1.75 bits per heavy atom. The Morgan fingerprint density at radius 1 is 1.05 bits per heavy atom. The molecule has 2 rings (SSSR count). The van der Waals surface area contributed by atoms with E-state index in [0.29, 0.717) is 24.1 Å². The molecule has 0 aliphatic carbocycles. The number of nitrogens with two attached hydrogens (primary N) is 1. The summed E-state index contributed by atoms with van der Waals surface area (Å²) in [6.45, 7) is 4.67. The minimum atomic E-state index is 0.475. The van der Waals surface area contributed by atoms with Crippen LogP contribution in [0.25, 0.3) is 0 Å². The third-order valence-electron chi connectivity index (χ3n) is 2.79. The highest BCUT2D eigenvalue weighted by Crippen LogP contribution is 2.27. The molecule has 5 heteroatoms. The molecule has 20 heavy (non-hydrogen) atoms. The van der Waals surface area contributed by atoms with Gasteiger partial charge < -0.3 is 15.2 Å². The Labute approximate surface area is 118 Å². The average Bonchev–Trinajstić information content (AvgIpc) is 2.45. The lowest BCUT2D eigenvalue weighted by Crippen LogP contribution is -2.02. The van der Waals surface area contributed by atoms with Gasteiger partial charge in [-0.1, -0.05) is 13.3 Å². The first kappa shape index (κ1) is 14.1. The highest BCUT2D eigenvalue weighted by atomic mass is 16.5. The number of anilines is 1. The van der Waals surface area contributed by atoms with Crippen molar-refractivity contribution >= 4 is 5.82 Å². The Kier molecular flexibility index (Phi) is 4.76. The minimum Gasteiger partial charge on any atom is -0.494 e. The number of ether oxygens (including phenoxy) is 2. The van der Waals surface area contributed by atoms with E-state index >= 15 is 0 Å². The lowest BCUT2D eigenvalue weighted by Gasteiger charge is -2.11. The van der Waals surface area contributed by atoms with E-state index in [9.17, 15) is 0 Å². The lowest BCUT2D eigenvalue weighted by atomic mass is 10.2. The van der Waals surface area contributed by atoms with E-state index in [1.165, 1.54) is 6.33 Å². The van der Waals surface area contributed by atoms with Gasteiger partial charge in [0.05, 0.1) is 12.2 Å². The first-order chi connectivity index (χ1) is 9.74. The Hall–Kier alpha value is -2.30. The summed E-state index contributed by atoms with van der Waals surface area (Å²) >= 11 is 0. The van der Waals surface area contributed by atoms with Crippen LogP contribution in [0, 0.1) is 0 Å². The standard InChI is InChI=1S/C15H19N3O2/c1-3-5-13-14(16)17-10-18-15(13)20-12-8-6-11(7-9-12)19-4-2/h6-10H,3-5H2,1-2H3,(H2,16,17,18). The van der Waals surface area contributed by atoms with Gasteiger partial charge in [0.1, 0.15) is 23.6 Å². The second-order valence-electron chi connectivity index (χ2n) is 4.30. The van der Waals surface area contributed by atoms with Crippen LogP contribution in [0.1, 0.15) is 25.8 Å². The van der Waals surface area contributed by atoms with Gasteiger partial charge in [-0.3, -0.25) is 0 Å². The van der Waals surface area contributed by atoms with Crippen LogP contribution >= 0.6 is 0 Å². The maximum absolute atomic E-state index is 5.87. The van der Waals surface area contributed by atoms with Crippen molar-refractivity contribution in [2.75, 3.05) is 12.3 Å². The molecule has 1 heterocycles. The van der Waals surface area contributed by atoms with Crippen LogP contribution in [0.2, 0.25) is 0 Å². The fourth-order valence-electron chi connectivity index (χ4n) is 1.86. The van der Waals surface area contributed by atoms with Crippen LogP contribution in [0.4, 0.5) is 5.82 Å². The Morgan fingerprint density at radius 3 is 2.40 bits per heavy atom. The third-order valence-corrected chi connectivity index (χ3v) is 2.79. The summed E-state index contributed by atoms with van der Waals surface area (Å²) in [7, 11) is 0. The highest BCUT2D eigenvalue weighted by molar-refractivity contribution is 5.46. The molecule has 2 aromatic rings. The van der Waals surface area contributed by atoms with E-state index in [1.807, 2.05) is 31.2 Å². The molecule has 5 nitrogen and oxygen atoms in total. The average molecular weight is 273 g/mol. The SMILES string of the molecule is CCCc1c(N)ncnc1Oc1ccc(OCC)cc1. The molecule has 1 aromatic carbocycles. The predicted molar refractivity (Wildman–Crippen MR) is 78.1 cm³/mol. The minimum absolute atomic E-state index is 0.475. The molecule has 0 aliphatic heterocycles. The number of hydrogen-bond donors (Lipinski definition) is 1. The molecule has 0 radical (unpaired) electrons. The highest BCUT2D eigenvalue weighted by Gasteiger charge is 2.10. The lowest BCUT2D eigenvalue weighted by molar-refractivity contribution is 0.339. The molecule has 0 saturated carbocycles. The van der Waals surface area contributed by atoms with Crippen molar-refractivity contribution in [3.63, 3.8) is 0 Å². The van der Waals surface area contributed by atoms with Crippen molar-refractivity contribution < 1.29 is 9.47 Å². The van der Waals surface area contributed by atoms with Gasteiger partial charge in [-0.25, -0.2) is 9.97 Å². The molecule has 0 spiro atoms. The number of hydrogen-bond acceptors (Lipinski definition) is 5. The molecule has 0 atom stereocenters. The van der Waals surface area contributed by atoms with Gasteiger partial charge in [-0.15, -0.1) is 0 Å². The van der Waals surface area contributed by atoms with Crippen LogP contribution in [0.15, 0.2) is 30.6 Å².